The van der Waals surface area contributed by atoms with Crippen molar-refractivity contribution in [2.24, 2.45) is 7.05 Å². The Morgan fingerprint density at radius 3 is 2.64 bits per heavy atom. The Labute approximate surface area is 164 Å². The number of carboxylic acids is 1. The molecule has 4 rings (SSSR count). The summed E-state index contributed by atoms with van der Waals surface area (Å²) < 4.78 is 9.44. The Morgan fingerprint density at radius 2 is 2.04 bits per heavy atom. The number of aromatic nitrogens is 3. The van der Waals surface area contributed by atoms with Gasteiger partial charge in [-0.25, -0.2) is 4.79 Å². The van der Waals surface area contributed by atoms with Crippen molar-refractivity contribution in [1.29, 1.82) is 0 Å². The predicted octanol–water partition coefficient (Wildman–Crippen LogP) is 3.35. The van der Waals surface area contributed by atoms with Gasteiger partial charge in [0.25, 0.3) is 0 Å². The highest BCUT2D eigenvalue weighted by molar-refractivity contribution is 5.93. The molecule has 3 aromatic heterocycles. The van der Waals surface area contributed by atoms with Gasteiger partial charge in [0, 0.05) is 67.4 Å². The Hall–Kier alpha value is -2.80. The lowest BCUT2D eigenvalue weighted by Gasteiger charge is -2.36. The summed E-state index contributed by atoms with van der Waals surface area (Å²) in [6.07, 6.45) is 7.78. The molecule has 0 radical (unpaired) electrons. The molecule has 148 valence electrons. The van der Waals surface area contributed by atoms with E-state index in [2.05, 4.69) is 27.5 Å². The zero-order valence-electron chi connectivity index (χ0n) is 16.6. The summed E-state index contributed by atoms with van der Waals surface area (Å²) in [4.78, 5) is 14.3. The minimum Gasteiger partial charge on any atom is -0.478 e. The van der Waals surface area contributed by atoms with Crippen LogP contribution in [0.15, 0.2) is 30.7 Å². The monoisotopic (exact) mass is 382 g/mol. The molecule has 1 saturated heterocycles. The minimum atomic E-state index is -0.895. The molecule has 0 unspecified atom stereocenters. The molecule has 4 heterocycles. The van der Waals surface area contributed by atoms with Crippen LogP contribution in [-0.4, -0.2) is 51.1 Å². The van der Waals surface area contributed by atoms with E-state index in [-0.39, 0.29) is 0 Å². The number of hydrogen-bond donors (Lipinski definition) is 1. The number of carboxylic acid groups (broad SMARTS) is 1. The molecule has 1 fully saturated rings. The highest BCUT2D eigenvalue weighted by atomic mass is 16.5. The van der Waals surface area contributed by atoms with Gasteiger partial charge in [0.15, 0.2) is 0 Å². The molecule has 0 aliphatic carbocycles. The average molecular weight is 382 g/mol. The maximum atomic E-state index is 11.9. The second-order valence-corrected chi connectivity index (χ2v) is 7.37. The number of aromatic carboxylic acids is 1. The fraction of sp³-hybridized carbons (Fsp3) is 0.429. The summed E-state index contributed by atoms with van der Waals surface area (Å²) in [7, 11) is 1.89. The van der Waals surface area contributed by atoms with Crippen LogP contribution in [0.25, 0.3) is 16.6 Å². The van der Waals surface area contributed by atoms with Crippen LogP contribution in [0.5, 0.6) is 0 Å². The summed E-state index contributed by atoms with van der Waals surface area (Å²) in [5, 5.41) is 14.0. The highest BCUT2D eigenvalue weighted by Crippen LogP contribution is 2.33. The number of aryl methyl sites for hydroxylation is 1. The fourth-order valence-electron chi connectivity index (χ4n) is 4.21. The smallest absolute Gasteiger partial charge is 0.336 e. The van der Waals surface area contributed by atoms with E-state index in [1.807, 2.05) is 32.4 Å². The number of rotatable bonds is 5. The van der Waals surface area contributed by atoms with E-state index in [1.54, 1.807) is 10.7 Å². The van der Waals surface area contributed by atoms with E-state index in [9.17, 15) is 9.90 Å². The first-order valence-corrected chi connectivity index (χ1v) is 9.72. The van der Waals surface area contributed by atoms with Crippen LogP contribution in [-0.2, 0) is 11.8 Å². The van der Waals surface area contributed by atoms with Gasteiger partial charge in [0.2, 0.25) is 0 Å². The van der Waals surface area contributed by atoms with Gasteiger partial charge in [-0.2, -0.15) is 5.10 Å². The zero-order chi connectivity index (χ0) is 19.8. The SMILES string of the molecule is CCN(c1c(C)c(C(=O)O)cc2cc(-c3cnn(C)c3)cn12)C1CCOCC1. The van der Waals surface area contributed by atoms with Crippen molar-refractivity contribution >= 4 is 17.3 Å². The molecule has 0 saturated carbocycles. The lowest BCUT2D eigenvalue weighted by Crippen LogP contribution is -2.41. The number of fused-ring (bicyclic) bond motifs is 1. The summed E-state index contributed by atoms with van der Waals surface area (Å²) in [6.45, 7) is 6.33. The van der Waals surface area contributed by atoms with E-state index in [0.29, 0.717) is 11.6 Å². The standard InChI is InChI=1S/C21H26N4O3/c1-4-24(17-5-7-28-8-6-17)20-14(2)19(21(26)27)10-18-9-15(13-25(18)20)16-11-22-23(3)12-16/h9-13,17H,4-8H2,1-3H3,(H,26,27). The number of nitrogens with zero attached hydrogens (tertiary/aromatic N) is 4. The van der Waals surface area contributed by atoms with Crippen molar-refractivity contribution in [1.82, 2.24) is 14.2 Å². The molecule has 3 aromatic rings. The summed E-state index contributed by atoms with van der Waals surface area (Å²) in [5.74, 6) is 0.0628. The average Bonchev–Trinajstić information content (AvgIpc) is 3.30. The quantitative estimate of drug-likeness (QED) is 0.733. The molecule has 1 N–H and O–H groups in total. The molecule has 0 atom stereocenters. The molecule has 0 amide bonds. The third-order valence-corrected chi connectivity index (χ3v) is 5.62. The Bertz CT molecular complexity index is 1010. The molecule has 7 nitrogen and oxygen atoms in total. The van der Waals surface area contributed by atoms with Crippen LogP contribution >= 0.6 is 0 Å². The second-order valence-electron chi connectivity index (χ2n) is 7.37. The number of anilines is 1. The van der Waals surface area contributed by atoms with E-state index >= 15 is 0 Å². The number of hydrogen-bond acceptors (Lipinski definition) is 4. The first-order chi connectivity index (χ1) is 13.5. The maximum absolute atomic E-state index is 11.9. The lowest BCUT2D eigenvalue weighted by molar-refractivity contribution is 0.0695. The summed E-state index contributed by atoms with van der Waals surface area (Å²) >= 11 is 0. The number of ether oxygens (including phenoxy) is 1. The first-order valence-electron chi connectivity index (χ1n) is 9.72. The fourth-order valence-corrected chi connectivity index (χ4v) is 4.21. The Balaban J connectivity index is 1.92. The first kappa shape index (κ1) is 18.6. The summed E-state index contributed by atoms with van der Waals surface area (Å²) in [5.41, 5.74) is 4.06. The van der Waals surface area contributed by atoms with Gasteiger partial charge < -0.3 is 19.1 Å². The van der Waals surface area contributed by atoms with E-state index in [0.717, 1.165) is 60.6 Å². The summed E-state index contributed by atoms with van der Waals surface area (Å²) in [6, 6.07) is 4.14. The zero-order valence-corrected chi connectivity index (χ0v) is 16.6. The molecular weight excluding hydrogens is 356 g/mol. The van der Waals surface area contributed by atoms with Crippen molar-refractivity contribution in [3.05, 3.63) is 41.9 Å². The molecule has 0 bridgehead atoms. The Morgan fingerprint density at radius 1 is 1.29 bits per heavy atom. The molecule has 1 aliphatic rings. The topological polar surface area (TPSA) is 72.0 Å². The third kappa shape index (κ3) is 3.16. The van der Waals surface area contributed by atoms with Crippen LogP contribution in [0.2, 0.25) is 0 Å². The van der Waals surface area contributed by atoms with Crippen LogP contribution < -0.4 is 4.90 Å². The van der Waals surface area contributed by atoms with E-state index in [1.165, 1.54) is 0 Å². The highest BCUT2D eigenvalue weighted by Gasteiger charge is 2.26. The Kier molecular flexibility index (Phi) is 4.85. The van der Waals surface area contributed by atoms with Crippen molar-refractivity contribution < 1.29 is 14.6 Å². The van der Waals surface area contributed by atoms with E-state index in [4.69, 9.17) is 4.74 Å². The second kappa shape index (κ2) is 7.31. The molecule has 0 aromatic carbocycles. The molecular formula is C21H26N4O3. The lowest BCUT2D eigenvalue weighted by atomic mass is 10.0. The van der Waals surface area contributed by atoms with Gasteiger partial charge in [0.1, 0.15) is 5.82 Å². The van der Waals surface area contributed by atoms with Crippen molar-refractivity contribution in [2.45, 2.75) is 32.7 Å². The normalized spacial score (nSPS) is 15.2. The molecule has 7 heteroatoms. The largest absolute Gasteiger partial charge is 0.478 e. The molecule has 0 spiro atoms. The van der Waals surface area contributed by atoms with Gasteiger partial charge in [-0.3, -0.25) is 4.68 Å². The van der Waals surface area contributed by atoms with Gasteiger partial charge in [0.05, 0.1) is 11.8 Å². The maximum Gasteiger partial charge on any atom is 0.336 e. The predicted molar refractivity (Wildman–Crippen MR) is 108 cm³/mol. The van der Waals surface area contributed by atoms with Crippen LogP contribution in [0.4, 0.5) is 5.82 Å². The molecule has 1 aliphatic heterocycles. The van der Waals surface area contributed by atoms with Crippen LogP contribution in [0, 0.1) is 6.92 Å². The van der Waals surface area contributed by atoms with Crippen LogP contribution in [0.1, 0.15) is 35.7 Å². The molecule has 28 heavy (non-hydrogen) atoms. The van der Waals surface area contributed by atoms with E-state index < -0.39 is 5.97 Å². The van der Waals surface area contributed by atoms with Gasteiger partial charge in [-0.05, 0) is 38.8 Å². The minimum absolute atomic E-state index is 0.342. The third-order valence-electron chi connectivity index (χ3n) is 5.62. The number of pyridine rings is 1. The van der Waals surface area contributed by atoms with Crippen molar-refractivity contribution in [3.8, 4) is 11.1 Å². The van der Waals surface area contributed by atoms with Crippen LogP contribution in [0.3, 0.4) is 0 Å². The van der Waals surface area contributed by atoms with Crippen molar-refractivity contribution in [3.63, 3.8) is 0 Å². The van der Waals surface area contributed by atoms with Gasteiger partial charge in [-0.15, -0.1) is 0 Å². The van der Waals surface area contributed by atoms with Gasteiger partial charge >= 0.3 is 5.97 Å². The number of carbonyl (C=O) groups is 1. The van der Waals surface area contributed by atoms with Gasteiger partial charge in [-0.1, -0.05) is 0 Å². The van der Waals surface area contributed by atoms with Crippen molar-refractivity contribution in [2.75, 3.05) is 24.7 Å².